The second kappa shape index (κ2) is 5.01. The molecule has 0 aliphatic carbocycles. The lowest BCUT2D eigenvalue weighted by atomic mass is 9.98. The molecule has 2 nitrogen and oxygen atoms in total. The molecular weight excluding hydrogens is 271 g/mol. The summed E-state index contributed by atoms with van der Waals surface area (Å²) in [4.78, 5) is 11.0. The van der Waals surface area contributed by atoms with E-state index in [1.165, 1.54) is 0 Å². The second-order valence-corrected chi connectivity index (χ2v) is 4.78. The molecule has 0 amide bonds. The first kappa shape index (κ1) is 12.9. The maximum atomic E-state index is 11.0. The molecule has 4 heteroatoms. The van der Waals surface area contributed by atoms with Crippen LogP contribution in [-0.4, -0.2) is 11.1 Å². The van der Waals surface area contributed by atoms with Gasteiger partial charge in [-0.25, -0.2) is 4.79 Å². The van der Waals surface area contributed by atoms with Crippen molar-refractivity contribution in [3.8, 4) is 11.1 Å². The van der Waals surface area contributed by atoms with Crippen LogP contribution in [0.1, 0.15) is 15.9 Å². The molecule has 0 atom stereocenters. The van der Waals surface area contributed by atoms with Gasteiger partial charge in [0.15, 0.2) is 0 Å². The van der Waals surface area contributed by atoms with Crippen molar-refractivity contribution in [1.82, 2.24) is 0 Å². The molecule has 0 aliphatic heterocycles. The Labute approximate surface area is 115 Å². The first-order valence-corrected chi connectivity index (χ1v) is 6.04. The first-order chi connectivity index (χ1) is 8.49. The van der Waals surface area contributed by atoms with Crippen molar-refractivity contribution >= 4 is 29.2 Å². The molecule has 2 aromatic rings. The molecule has 0 bridgehead atoms. The van der Waals surface area contributed by atoms with Gasteiger partial charge in [0.1, 0.15) is 0 Å². The highest BCUT2D eigenvalue weighted by molar-refractivity contribution is 6.42. The molecule has 0 unspecified atom stereocenters. The van der Waals surface area contributed by atoms with Gasteiger partial charge in [0.2, 0.25) is 0 Å². The highest BCUT2D eigenvalue weighted by atomic mass is 35.5. The van der Waals surface area contributed by atoms with Crippen molar-refractivity contribution in [3.63, 3.8) is 0 Å². The monoisotopic (exact) mass is 280 g/mol. The molecule has 92 valence electrons. The highest BCUT2D eigenvalue weighted by Crippen LogP contribution is 2.30. The molecule has 0 heterocycles. The maximum absolute atomic E-state index is 11.0. The fourth-order valence-electron chi connectivity index (χ4n) is 1.73. The number of carboxylic acid groups (broad SMARTS) is 1. The third-order valence-electron chi connectivity index (χ3n) is 2.72. The Kier molecular flexibility index (Phi) is 3.60. The number of hydrogen-bond donors (Lipinski definition) is 1. The van der Waals surface area contributed by atoms with Gasteiger partial charge in [-0.3, -0.25) is 0 Å². The summed E-state index contributed by atoms with van der Waals surface area (Å²) in [6.07, 6.45) is 0. The lowest BCUT2D eigenvalue weighted by molar-refractivity contribution is 0.0697. The Bertz CT molecular complexity index is 621. The van der Waals surface area contributed by atoms with Gasteiger partial charge in [0.05, 0.1) is 15.6 Å². The molecule has 0 aliphatic rings. The molecule has 0 fully saturated rings. The molecule has 18 heavy (non-hydrogen) atoms. The minimum atomic E-state index is -0.948. The standard InChI is InChI=1S/C14H10Cl2O2/c1-8-2-3-10(14(17)18)6-11(8)9-4-5-12(15)13(16)7-9/h2-7H,1H3,(H,17,18). The number of benzene rings is 2. The van der Waals surface area contributed by atoms with E-state index >= 15 is 0 Å². The fourth-order valence-corrected chi connectivity index (χ4v) is 2.03. The van der Waals surface area contributed by atoms with Crippen molar-refractivity contribution < 1.29 is 9.90 Å². The van der Waals surface area contributed by atoms with E-state index < -0.39 is 5.97 Å². The van der Waals surface area contributed by atoms with Crippen LogP contribution in [0.25, 0.3) is 11.1 Å². The Balaban J connectivity index is 2.58. The minimum Gasteiger partial charge on any atom is -0.478 e. The zero-order valence-corrected chi connectivity index (χ0v) is 11.1. The van der Waals surface area contributed by atoms with Crippen molar-refractivity contribution in [1.29, 1.82) is 0 Å². The number of carbonyl (C=O) groups is 1. The van der Waals surface area contributed by atoms with E-state index in [9.17, 15) is 4.79 Å². The normalized spacial score (nSPS) is 10.4. The lowest BCUT2D eigenvalue weighted by Crippen LogP contribution is -1.97. The van der Waals surface area contributed by atoms with E-state index in [1.54, 1.807) is 30.3 Å². The van der Waals surface area contributed by atoms with Crippen molar-refractivity contribution in [3.05, 3.63) is 57.6 Å². The van der Waals surface area contributed by atoms with Crippen LogP contribution in [0.3, 0.4) is 0 Å². The van der Waals surface area contributed by atoms with E-state index in [-0.39, 0.29) is 5.56 Å². The summed E-state index contributed by atoms with van der Waals surface area (Å²) < 4.78 is 0. The maximum Gasteiger partial charge on any atom is 0.335 e. The van der Waals surface area contributed by atoms with Crippen molar-refractivity contribution in [2.75, 3.05) is 0 Å². The van der Waals surface area contributed by atoms with Gasteiger partial charge in [-0.05, 0) is 47.9 Å². The highest BCUT2D eigenvalue weighted by Gasteiger charge is 2.09. The fraction of sp³-hybridized carbons (Fsp3) is 0.0714. The van der Waals surface area contributed by atoms with Crippen LogP contribution in [0.5, 0.6) is 0 Å². The van der Waals surface area contributed by atoms with Gasteiger partial charge < -0.3 is 5.11 Å². The minimum absolute atomic E-state index is 0.252. The van der Waals surface area contributed by atoms with Crippen LogP contribution in [0, 0.1) is 6.92 Å². The Morgan fingerprint density at radius 3 is 2.39 bits per heavy atom. The van der Waals surface area contributed by atoms with Crippen LogP contribution in [-0.2, 0) is 0 Å². The summed E-state index contributed by atoms with van der Waals surface area (Å²) in [6, 6.07) is 10.3. The summed E-state index contributed by atoms with van der Waals surface area (Å²) in [5.41, 5.74) is 2.93. The van der Waals surface area contributed by atoms with Gasteiger partial charge in [-0.15, -0.1) is 0 Å². The first-order valence-electron chi connectivity index (χ1n) is 5.28. The summed E-state index contributed by atoms with van der Waals surface area (Å²) >= 11 is 11.8. The SMILES string of the molecule is Cc1ccc(C(=O)O)cc1-c1ccc(Cl)c(Cl)c1. The smallest absolute Gasteiger partial charge is 0.335 e. The second-order valence-electron chi connectivity index (χ2n) is 3.96. The Morgan fingerprint density at radius 1 is 1.06 bits per heavy atom. The van der Waals surface area contributed by atoms with Crippen molar-refractivity contribution in [2.24, 2.45) is 0 Å². The number of hydrogen-bond acceptors (Lipinski definition) is 1. The topological polar surface area (TPSA) is 37.3 Å². The predicted octanol–water partition coefficient (Wildman–Crippen LogP) is 4.67. The summed E-state index contributed by atoms with van der Waals surface area (Å²) in [7, 11) is 0. The van der Waals surface area contributed by atoms with Crippen LogP contribution in [0.15, 0.2) is 36.4 Å². The van der Waals surface area contributed by atoms with Gasteiger partial charge in [0.25, 0.3) is 0 Å². The van der Waals surface area contributed by atoms with Crippen LogP contribution < -0.4 is 0 Å². The van der Waals surface area contributed by atoms with Crippen LogP contribution >= 0.6 is 23.2 Å². The van der Waals surface area contributed by atoms with E-state index in [1.807, 2.05) is 13.0 Å². The van der Waals surface area contributed by atoms with Crippen LogP contribution in [0.4, 0.5) is 0 Å². The Hall–Kier alpha value is -1.51. The molecular formula is C14H10Cl2O2. The lowest BCUT2D eigenvalue weighted by Gasteiger charge is -2.08. The number of rotatable bonds is 2. The number of aromatic carboxylic acids is 1. The summed E-state index contributed by atoms with van der Waals surface area (Å²) in [5.74, 6) is -0.948. The molecule has 2 rings (SSSR count). The third-order valence-corrected chi connectivity index (χ3v) is 3.45. The zero-order valence-electron chi connectivity index (χ0n) is 9.58. The molecule has 1 N–H and O–H groups in total. The van der Waals surface area contributed by atoms with E-state index in [4.69, 9.17) is 28.3 Å². The number of aryl methyl sites for hydroxylation is 1. The molecule has 0 saturated carbocycles. The Morgan fingerprint density at radius 2 is 1.78 bits per heavy atom. The number of halogens is 2. The largest absolute Gasteiger partial charge is 0.478 e. The predicted molar refractivity (Wildman–Crippen MR) is 73.6 cm³/mol. The molecule has 0 aromatic heterocycles. The molecule has 2 aromatic carbocycles. The van der Waals surface area contributed by atoms with Crippen molar-refractivity contribution in [2.45, 2.75) is 6.92 Å². The zero-order chi connectivity index (χ0) is 13.3. The van der Waals surface area contributed by atoms with Gasteiger partial charge in [0, 0.05) is 0 Å². The quantitative estimate of drug-likeness (QED) is 0.868. The third kappa shape index (κ3) is 2.50. The van der Waals surface area contributed by atoms with Crippen LogP contribution in [0.2, 0.25) is 10.0 Å². The summed E-state index contributed by atoms with van der Waals surface area (Å²) in [6.45, 7) is 1.92. The molecule has 0 saturated heterocycles. The van der Waals surface area contributed by atoms with Gasteiger partial charge in [-0.2, -0.15) is 0 Å². The summed E-state index contributed by atoms with van der Waals surface area (Å²) in [5, 5.41) is 9.93. The number of carboxylic acids is 1. The molecule has 0 spiro atoms. The van der Waals surface area contributed by atoms with E-state index in [0.717, 1.165) is 16.7 Å². The van der Waals surface area contributed by atoms with E-state index in [0.29, 0.717) is 10.0 Å². The van der Waals surface area contributed by atoms with Gasteiger partial charge in [-0.1, -0.05) is 35.3 Å². The van der Waals surface area contributed by atoms with Gasteiger partial charge >= 0.3 is 5.97 Å². The molecule has 0 radical (unpaired) electrons. The average Bonchev–Trinajstić information content (AvgIpc) is 2.33. The van der Waals surface area contributed by atoms with E-state index in [2.05, 4.69) is 0 Å². The average molecular weight is 281 g/mol.